The molecule has 6 heteroatoms. The van der Waals surface area contributed by atoms with Crippen molar-refractivity contribution in [1.29, 1.82) is 0 Å². The molecule has 2 amide bonds. The molecule has 2 aliphatic heterocycles. The highest BCUT2D eigenvalue weighted by Crippen LogP contribution is 2.32. The number of rotatable bonds is 3. The minimum Gasteiger partial charge on any atom is -0.481 e. The molecule has 6 nitrogen and oxygen atoms in total. The van der Waals surface area contributed by atoms with Gasteiger partial charge in [0.05, 0.1) is 11.8 Å². The normalized spacial score (nSPS) is 33.0. The van der Waals surface area contributed by atoms with Gasteiger partial charge in [0.15, 0.2) is 0 Å². The van der Waals surface area contributed by atoms with Gasteiger partial charge >= 0.3 is 5.97 Å². The van der Waals surface area contributed by atoms with E-state index < -0.39 is 11.9 Å². The number of hydrogen-bond acceptors (Lipinski definition) is 3. The number of carboxylic acid groups (broad SMARTS) is 1. The summed E-state index contributed by atoms with van der Waals surface area (Å²) in [6, 6.07) is 0.0358. The molecular weight excluding hydrogens is 284 g/mol. The van der Waals surface area contributed by atoms with Gasteiger partial charge in [0.1, 0.15) is 0 Å². The molecule has 3 aliphatic rings. The Labute approximate surface area is 130 Å². The van der Waals surface area contributed by atoms with Crippen molar-refractivity contribution in [3.05, 3.63) is 0 Å². The Balaban J connectivity index is 1.64. The van der Waals surface area contributed by atoms with Gasteiger partial charge in [-0.2, -0.15) is 0 Å². The molecule has 1 saturated carbocycles. The standard InChI is InChI=1S/C16H24N2O4/c1-10-13(16(21)22)6-7-17(10)15(20)11-8-14(19)18(9-11)12-4-2-3-5-12/h10-13H,2-9H2,1H3,(H,21,22). The molecule has 0 bridgehead atoms. The van der Waals surface area contributed by atoms with Gasteiger partial charge in [-0.1, -0.05) is 12.8 Å². The predicted octanol–water partition coefficient (Wildman–Crippen LogP) is 1.10. The number of carbonyl (C=O) groups is 3. The number of carbonyl (C=O) groups excluding carboxylic acids is 2. The van der Waals surface area contributed by atoms with Crippen molar-refractivity contribution in [2.24, 2.45) is 11.8 Å². The van der Waals surface area contributed by atoms with Gasteiger partial charge in [-0.25, -0.2) is 0 Å². The van der Waals surface area contributed by atoms with Crippen LogP contribution in [0.2, 0.25) is 0 Å². The lowest BCUT2D eigenvalue weighted by atomic mass is 10.0. The maximum Gasteiger partial charge on any atom is 0.308 e. The van der Waals surface area contributed by atoms with Crippen LogP contribution in [0.4, 0.5) is 0 Å². The molecule has 122 valence electrons. The summed E-state index contributed by atoms with van der Waals surface area (Å²) in [4.78, 5) is 39.6. The molecule has 2 saturated heterocycles. The fourth-order valence-electron chi connectivity index (χ4n) is 4.28. The second-order valence-electron chi connectivity index (χ2n) is 6.89. The summed E-state index contributed by atoms with van der Waals surface area (Å²) in [7, 11) is 0. The maximum absolute atomic E-state index is 12.7. The van der Waals surface area contributed by atoms with E-state index in [1.807, 2.05) is 4.90 Å². The minimum absolute atomic E-state index is 0.0369. The first kappa shape index (κ1) is 15.3. The largest absolute Gasteiger partial charge is 0.481 e. The van der Waals surface area contributed by atoms with Crippen LogP contribution in [0.25, 0.3) is 0 Å². The zero-order valence-electron chi connectivity index (χ0n) is 13.0. The Morgan fingerprint density at radius 3 is 2.45 bits per heavy atom. The maximum atomic E-state index is 12.7. The zero-order chi connectivity index (χ0) is 15.9. The summed E-state index contributed by atoms with van der Waals surface area (Å²) in [5, 5.41) is 9.18. The topological polar surface area (TPSA) is 77.9 Å². The van der Waals surface area contributed by atoms with E-state index in [9.17, 15) is 19.5 Å². The van der Waals surface area contributed by atoms with Crippen LogP contribution in [0.15, 0.2) is 0 Å². The first-order chi connectivity index (χ1) is 10.5. The summed E-state index contributed by atoms with van der Waals surface area (Å²) >= 11 is 0. The van der Waals surface area contributed by atoms with Gasteiger partial charge in [0.25, 0.3) is 0 Å². The van der Waals surface area contributed by atoms with E-state index in [0.717, 1.165) is 25.7 Å². The lowest BCUT2D eigenvalue weighted by molar-refractivity contribution is -0.143. The van der Waals surface area contributed by atoms with Crippen molar-refractivity contribution >= 4 is 17.8 Å². The molecule has 0 aromatic rings. The zero-order valence-corrected chi connectivity index (χ0v) is 13.0. The van der Waals surface area contributed by atoms with Crippen LogP contribution < -0.4 is 0 Å². The van der Waals surface area contributed by atoms with E-state index in [0.29, 0.717) is 25.6 Å². The third kappa shape index (κ3) is 2.59. The Bertz CT molecular complexity index is 487. The highest BCUT2D eigenvalue weighted by atomic mass is 16.4. The number of amides is 2. The molecule has 0 aromatic carbocycles. The first-order valence-electron chi connectivity index (χ1n) is 8.31. The van der Waals surface area contributed by atoms with Crippen molar-refractivity contribution in [3.63, 3.8) is 0 Å². The third-order valence-electron chi connectivity index (χ3n) is 5.63. The highest BCUT2D eigenvalue weighted by Gasteiger charge is 2.44. The highest BCUT2D eigenvalue weighted by molar-refractivity contribution is 5.90. The average molecular weight is 308 g/mol. The molecule has 22 heavy (non-hydrogen) atoms. The van der Waals surface area contributed by atoms with Crippen LogP contribution in [0, 0.1) is 11.8 Å². The monoisotopic (exact) mass is 308 g/mol. The fraction of sp³-hybridized carbons (Fsp3) is 0.812. The smallest absolute Gasteiger partial charge is 0.308 e. The van der Waals surface area contributed by atoms with Gasteiger partial charge in [-0.3, -0.25) is 14.4 Å². The second kappa shape index (κ2) is 5.89. The summed E-state index contributed by atoms with van der Waals surface area (Å²) < 4.78 is 0. The molecule has 0 aromatic heterocycles. The lowest BCUT2D eigenvalue weighted by Crippen LogP contribution is -2.42. The Kier molecular flexibility index (Phi) is 4.10. The quantitative estimate of drug-likeness (QED) is 0.847. The Hall–Kier alpha value is -1.59. The fourth-order valence-corrected chi connectivity index (χ4v) is 4.28. The molecule has 1 N–H and O–H groups in total. The molecule has 3 unspecified atom stereocenters. The van der Waals surface area contributed by atoms with Crippen LogP contribution in [0.3, 0.4) is 0 Å². The van der Waals surface area contributed by atoms with Gasteiger partial charge < -0.3 is 14.9 Å². The van der Waals surface area contributed by atoms with Crippen molar-refractivity contribution < 1.29 is 19.5 Å². The lowest BCUT2D eigenvalue weighted by Gasteiger charge is -2.27. The number of aliphatic carboxylic acids is 1. The van der Waals surface area contributed by atoms with E-state index in [2.05, 4.69) is 0 Å². The minimum atomic E-state index is -0.835. The Morgan fingerprint density at radius 2 is 1.86 bits per heavy atom. The van der Waals surface area contributed by atoms with Gasteiger partial charge in [0, 0.05) is 31.6 Å². The van der Waals surface area contributed by atoms with Crippen molar-refractivity contribution in [3.8, 4) is 0 Å². The van der Waals surface area contributed by atoms with E-state index >= 15 is 0 Å². The number of carboxylic acids is 1. The molecule has 3 rings (SSSR count). The molecule has 0 radical (unpaired) electrons. The molecule has 3 fully saturated rings. The van der Waals surface area contributed by atoms with E-state index in [1.165, 1.54) is 0 Å². The molecule has 1 aliphatic carbocycles. The average Bonchev–Trinajstić information content (AvgIpc) is 3.16. The summed E-state index contributed by atoms with van der Waals surface area (Å²) in [5.74, 6) is -1.55. The van der Waals surface area contributed by atoms with Crippen molar-refractivity contribution in [1.82, 2.24) is 9.80 Å². The van der Waals surface area contributed by atoms with E-state index in [4.69, 9.17) is 0 Å². The van der Waals surface area contributed by atoms with Crippen LogP contribution >= 0.6 is 0 Å². The van der Waals surface area contributed by atoms with Crippen LogP contribution in [-0.2, 0) is 14.4 Å². The number of nitrogens with zero attached hydrogens (tertiary/aromatic N) is 2. The molecular formula is C16H24N2O4. The van der Waals surface area contributed by atoms with Crippen molar-refractivity contribution in [2.75, 3.05) is 13.1 Å². The summed E-state index contributed by atoms with van der Waals surface area (Å²) in [6.07, 6.45) is 5.22. The van der Waals surface area contributed by atoms with Gasteiger partial charge in [0.2, 0.25) is 11.8 Å². The second-order valence-corrected chi connectivity index (χ2v) is 6.89. The van der Waals surface area contributed by atoms with E-state index in [-0.39, 0.29) is 30.2 Å². The van der Waals surface area contributed by atoms with Gasteiger partial charge in [-0.05, 0) is 26.2 Å². The third-order valence-corrected chi connectivity index (χ3v) is 5.63. The van der Waals surface area contributed by atoms with Crippen LogP contribution in [0.1, 0.15) is 45.4 Å². The first-order valence-corrected chi connectivity index (χ1v) is 8.31. The molecule has 3 atom stereocenters. The number of likely N-dealkylation sites (tertiary alicyclic amines) is 2. The van der Waals surface area contributed by atoms with Crippen molar-refractivity contribution in [2.45, 2.75) is 57.5 Å². The molecule has 2 heterocycles. The van der Waals surface area contributed by atoms with E-state index in [1.54, 1.807) is 11.8 Å². The molecule has 0 spiro atoms. The summed E-state index contributed by atoms with van der Waals surface area (Å²) in [5.41, 5.74) is 0. The number of hydrogen-bond donors (Lipinski definition) is 1. The Morgan fingerprint density at radius 1 is 1.18 bits per heavy atom. The van der Waals surface area contributed by atoms with Crippen LogP contribution in [0.5, 0.6) is 0 Å². The van der Waals surface area contributed by atoms with Crippen LogP contribution in [-0.4, -0.2) is 57.9 Å². The summed E-state index contributed by atoms with van der Waals surface area (Å²) in [6.45, 7) is 2.81. The SMILES string of the molecule is CC1C(C(=O)O)CCN1C(=O)C1CC(=O)N(C2CCCC2)C1. The van der Waals surface area contributed by atoms with Gasteiger partial charge in [-0.15, -0.1) is 0 Å². The predicted molar refractivity (Wildman–Crippen MR) is 79.0 cm³/mol.